The third kappa shape index (κ3) is 3.56. The molecule has 0 aliphatic rings. The fourth-order valence-electron chi connectivity index (χ4n) is 0.934. The average molecular weight is 316 g/mol. The van der Waals surface area contributed by atoms with Crippen LogP contribution < -0.4 is 4.72 Å². The van der Waals surface area contributed by atoms with Crippen LogP contribution in [0, 0.1) is 10.1 Å². The molecule has 5 nitrogen and oxygen atoms in total. The van der Waals surface area contributed by atoms with Crippen molar-refractivity contribution in [3.63, 3.8) is 0 Å². The molecule has 0 heterocycles. The van der Waals surface area contributed by atoms with Crippen LogP contribution in [0.5, 0.6) is 0 Å². The number of nitrogens with zero attached hydrogens (tertiary/aromatic N) is 1. The van der Waals surface area contributed by atoms with Gasteiger partial charge in [-0.15, -0.1) is 0 Å². The molecule has 20 heavy (non-hydrogen) atoms. The second-order valence-corrected chi connectivity index (χ2v) is 4.24. The zero-order valence-electron chi connectivity index (χ0n) is 9.28. The Bertz CT molecular complexity index is 517. The standard InChI is InChI=1S/C9H5F5N2O3S/c10-8(11,9(12,13)14)7(17)15-20-6-3-1-5(2-4-6)16(18)19/h1-4H,(H,15,17). The highest BCUT2D eigenvalue weighted by Crippen LogP contribution is 2.36. The maximum absolute atomic E-state index is 12.6. The first-order valence-electron chi connectivity index (χ1n) is 4.72. The van der Waals surface area contributed by atoms with Crippen LogP contribution in [0.3, 0.4) is 0 Å². The molecular weight excluding hydrogens is 311 g/mol. The second-order valence-electron chi connectivity index (χ2n) is 3.36. The average Bonchev–Trinajstić information content (AvgIpc) is 2.34. The number of carbonyl (C=O) groups is 1. The Kier molecular flexibility index (Phi) is 4.53. The monoisotopic (exact) mass is 316 g/mol. The molecule has 1 aromatic rings. The maximum Gasteiger partial charge on any atom is 0.463 e. The highest BCUT2D eigenvalue weighted by Gasteiger charge is 2.63. The van der Waals surface area contributed by atoms with Gasteiger partial charge in [0.25, 0.3) is 5.69 Å². The summed E-state index contributed by atoms with van der Waals surface area (Å²) in [6.07, 6.45) is -5.99. The van der Waals surface area contributed by atoms with Gasteiger partial charge in [-0.05, 0) is 24.1 Å². The van der Waals surface area contributed by atoms with Crippen LogP contribution in [-0.4, -0.2) is 22.9 Å². The Hall–Kier alpha value is -1.91. The van der Waals surface area contributed by atoms with E-state index in [1.165, 1.54) is 4.72 Å². The summed E-state index contributed by atoms with van der Waals surface area (Å²) in [5.74, 6) is -8.03. The van der Waals surface area contributed by atoms with E-state index in [-0.39, 0.29) is 22.5 Å². The van der Waals surface area contributed by atoms with E-state index >= 15 is 0 Å². The lowest BCUT2D eigenvalue weighted by Gasteiger charge is -2.18. The molecular formula is C9H5F5N2O3S. The number of carbonyl (C=O) groups excluding carboxylic acids is 1. The van der Waals surface area contributed by atoms with E-state index in [9.17, 15) is 36.9 Å². The smallest absolute Gasteiger partial charge is 0.290 e. The molecule has 0 aliphatic heterocycles. The summed E-state index contributed by atoms with van der Waals surface area (Å²) in [5.41, 5.74) is -0.290. The first-order chi connectivity index (χ1) is 9.05. The van der Waals surface area contributed by atoms with E-state index in [1.807, 2.05) is 0 Å². The van der Waals surface area contributed by atoms with Gasteiger partial charge in [0, 0.05) is 17.0 Å². The number of nitrogens with one attached hydrogen (secondary N) is 1. The normalized spacial score (nSPS) is 12.1. The summed E-state index contributed by atoms with van der Waals surface area (Å²) in [6, 6.07) is 4.20. The first kappa shape index (κ1) is 16.1. The molecule has 110 valence electrons. The van der Waals surface area contributed by atoms with Crippen LogP contribution in [0.1, 0.15) is 0 Å². The van der Waals surface area contributed by atoms with E-state index < -0.39 is 22.9 Å². The first-order valence-corrected chi connectivity index (χ1v) is 5.53. The summed E-state index contributed by atoms with van der Waals surface area (Å²) < 4.78 is 62.0. The zero-order valence-corrected chi connectivity index (χ0v) is 10.1. The van der Waals surface area contributed by atoms with Crippen molar-refractivity contribution in [1.82, 2.24) is 4.72 Å². The quantitative estimate of drug-likeness (QED) is 0.401. The summed E-state index contributed by atoms with van der Waals surface area (Å²) in [7, 11) is 0. The van der Waals surface area contributed by atoms with Gasteiger partial charge in [0.05, 0.1) is 4.92 Å². The van der Waals surface area contributed by atoms with Gasteiger partial charge in [0.2, 0.25) is 0 Å². The Morgan fingerprint density at radius 1 is 1.15 bits per heavy atom. The van der Waals surface area contributed by atoms with Crippen molar-refractivity contribution in [2.45, 2.75) is 17.0 Å². The minimum Gasteiger partial charge on any atom is -0.290 e. The second kappa shape index (κ2) is 5.61. The lowest BCUT2D eigenvalue weighted by Crippen LogP contribution is -2.48. The highest BCUT2D eigenvalue weighted by atomic mass is 32.2. The SMILES string of the molecule is O=C(NSc1ccc([N+](=O)[O-])cc1)C(F)(F)C(F)(F)F. The van der Waals surface area contributed by atoms with Crippen LogP contribution in [0.25, 0.3) is 0 Å². The molecule has 0 aliphatic carbocycles. The fraction of sp³-hybridized carbons (Fsp3) is 0.222. The maximum atomic E-state index is 12.6. The van der Waals surface area contributed by atoms with E-state index in [4.69, 9.17) is 0 Å². The van der Waals surface area contributed by atoms with Gasteiger partial charge in [-0.1, -0.05) is 0 Å². The van der Waals surface area contributed by atoms with E-state index in [0.717, 1.165) is 24.3 Å². The van der Waals surface area contributed by atoms with Crippen molar-refractivity contribution in [2.75, 3.05) is 0 Å². The fourth-order valence-corrected chi connectivity index (χ4v) is 1.54. The van der Waals surface area contributed by atoms with Gasteiger partial charge < -0.3 is 0 Å². The van der Waals surface area contributed by atoms with Crippen LogP contribution in [0.2, 0.25) is 0 Å². The van der Waals surface area contributed by atoms with Gasteiger partial charge >= 0.3 is 18.0 Å². The number of non-ortho nitro benzene ring substituents is 1. The molecule has 0 saturated carbocycles. The van der Waals surface area contributed by atoms with Gasteiger partial charge in [0.15, 0.2) is 0 Å². The summed E-state index contributed by atoms with van der Waals surface area (Å²) >= 11 is 0.190. The predicted molar refractivity (Wildman–Crippen MR) is 58.1 cm³/mol. The predicted octanol–water partition coefficient (Wildman–Crippen LogP) is 2.92. The number of rotatable bonds is 4. The Balaban J connectivity index is 2.68. The molecule has 1 rings (SSSR count). The molecule has 0 spiro atoms. The highest BCUT2D eigenvalue weighted by molar-refractivity contribution is 7.98. The molecule has 11 heteroatoms. The van der Waals surface area contributed by atoms with Crippen molar-refractivity contribution >= 4 is 23.5 Å². The number of nitro groups is 1. The van der Waals surface area contributed by atoms with Crippen molar-refractivity contribution < 1.29 is 31.7 Å². The Morgan fingerprint density at radius 3 is 2.05 bits per heavy atom. The molecule has 1 aromatic carbocycles. The van der Waals surface area contributed by atoms with Gasteiger partial charge in [-0.2, -0.15) is 22.0 Å². The van der Waals surface area contributed by atoms with Crippen LogP contribution in [-0.2, 0) is 4.79 Å². The molecule has 0 atom stereocenters. The van der Waals surface area contributed by atoms with Gasteiger partial charge in [-0.25, -0.2) is 0 Å². The Labute approximate surface area is 112 Å². The number of benzene rings is 1. The molecule has 0 saturated heterocycles. The molecule has 0 aromatic heterocycles. The zero-order chi connectivity index (χ0) is 15.6. The number of hydrogen-bond acceptors (Lipinski definition) is 4. The summed E-state index contributed by atoms with van der Waals surface area (Å²) in [4.78, 5) is 20.4. The van der Waals surface area contributed by atoms with Crippen molar-refractivity contribution in [3.8, 4) is 0 Å². The lowest BCUT2D eigenvalue weighted by atomic mass is 10.3. The minimum atomic E-state index is -5.99. The molecule has 0 fully saturated rings. The van der Waals surface area contributed by atoms with Crippen LogP contribution in [0.15, 0.2) is 29.2 Å². The lowest BCUT2D eigenvalue weighted by molar-refractivity contribution is -0.384. The summed E-state index contributed by atoms with van der Waals surface area (Å²) in [5, 5.41) is 10.3. The largest absolute Gasteiger partial charge is 0.463 e. The minimum absolute atomic E-state index is 0.0573. The topological polar surface area (TPSA) is 72.2 Å². The summed E-state index contributed by atoms with van der Waals surface area (Å²) in [6.45, 7) is 0. The van der Waals surface area contributed by atoms with Crippen molar-refractivity contribution in [3.05, 3.63) is 34.4 Å². The van der Waals surface area contributed by atoms with E-state index in [2.05, 4.69) is 0 Å². The molecule has 0 unspecified atom stereocenters. The van der Waals surface area contributed by atoms with Crippen LogP contribution in [0.4, 0.5) is 27.6 Å². The molecule has 0 bridgehead atoms. The number of nitro benzene ring substituents is 1. The van der Waals surface area contributed by atoms with Gasteiger partial charge in [-0.3, -0.25) is 19.6 Å². The molecule has 1 N–H and O–H groups in total. The van der Waals surface area contributed by atoms with Crippen LogP contribution >= 0.6 is 11.9 Å². The van der Waals surface area contributed by atoms with E-state index in [1.54, 1.807) is 0 Å². The number of amides is 1. The Morgan fingerprint density at radius 2 is 1.65 bits per heavy atom. The van der Waals surface area contributed by atoms with Crippen molar-refractivity contribution in [2.24, 2.45) is 0 Å². The third-order valence-corrected chi connectivity index (χ3v) is 2.75. The van der Waals surface area contributed by atoms with E-state index in [0.29, 0.717) is 0 Å². The number of alkyl halides is 5. The molecule has 0 radical (unpaired) electrons. The number of hydrogen-bond donors (Lipinski definition) is 1. The number of halogens is 5. The third-order valence-electron chi connectivity index (χ3n) is 1.95. The van der Waals surface area contributed by atoms with Gasteiger partial charge in [0.1, 0.15) is 0 Å². The van der Waals surface area contributed by atoms with Crippen molar-refractivity contribution in [1.29, 1.82) is 0 Å². The molecule has 1 amide bonds.